The van der Waals surface area contributed by atoms with Gasteiger partial charge in [0.15, 0.2) is 11.2 Å². The molecule has 0 aliphatic carbocycles. The van der Waals surface area contributed by atoms with Crippen LogP contribution in [0.15, 0.2) is 32.8 Å². The van der Waals surface area contributed by atoms with Crippen molar-refractivity contribution in [1.82, 2.24) is 19.9 Å². The second kappa shape index (κ2) is 7.93. The van der Waals surface area contributed by atoms with Gasteiger partial charge in [-0.3, -0.25) is 19.9 Å². The summed E-state index contributed by atoms with van der Waals surface area (Å²) in [5.74, 6) is 0.144. The Morgan fingerprint density at radius 1 is 1.46 bits per heavy atom. The van der Waals surface area contributed by atoms with Crippen LogP contribution in [0.3, 0.4) is 0 Å². The average Bonchev–Trinajstić information content (AvgIpc) is 3.03. The number of halogens is 2. The van der Waals surface area contributed by atoms with E-state index < -0.39 is 10.5 Å². The fourth-order valence-electron chi connectivity index (χ4n) is 2.12. The van der Waals surface area contributed by atoms with Crippen LogP contribution in [-0.4, -0.2) is 38.2 Å². The number of aromatic nitrogens is 4. The smallest absolute Gasteiger partial charge is 0.312 e. The summed E-state index contributed by atoms with van der Waals surface area (Å²) in [6.07, 6.45) is 2.67. The van der Waals surface area contributed by atoms with Crippen molar-refractivity contribution in [2.75, 3.05) is 12.5 Å². The Morgan fingerprint density at radius 2 is 2.23 bits per heavy atom. The van der Waals surface area contributed by atoms with Crippen LogP contribution >= 0.6 is 28.3 Å². The van der Waals surface area contributed by atoms with E-state index in [0.29, 0.717) is 15.7 Å². The SMILES string of the molecule is COc1c(/C=N/Nc2nc3[nH]cnc3c(=O)[nH]2)cc(Br)cc1[N+](=O)[O-].Cl. The number of rotatable bonds is 5. The predicted molar refractivity (Wildman–Crippen MR) is 100 cm³/mol. The molecule has 0 unspecified atom stereocenters. The first-order chi connectivity index (χ1) is 12.0. The molecule has 0 saturated carbocycles. The number of anilines is 1. The van der Waals surface area contributed by atoms with Gasteiger partial charge in [-0.25, -0.2) is 10.4 Å². The number of ether oxygens (including phenoxy) is 1. The molecule has 0 radical (unpaired) electrons. The highest BCUT2D eigenvalue weighted by Crippen LogP contribution is 2.33. The Labute approximate surface area is 159 Å². The van der Waals surface area contributed by atoms with E-state index in [4.69, 9.17) is 4.74 Å². The van der Waals surface area contributed by atoms with Gasteiger partial charge < -0.3 is 9.72 Å². The first-order valence-electron chi connectivity index (χ1n) is 6.74. The Hall–Kier alpha value is -2.99. The number of benzene rings is 1. The number of hydrogen-bond acceptors (Lipinski definition) is 8. The van der Waals surface area contributed by atoms with Crippen molar-refractivity contribution < 1.29 is 9.66 Å². The van der Waals surface area contributed by atoms with Gasteiger partial charge >= 0.3 is 5.69 Å². The van der Waals surface area contributed by atoms with Gasteiger partial charge in [0.1, 0.15) is 0 Å². The van der Waals surface area contributed by atoms with E-state index in [1.54, 1.807) is 6.07 Å². The molecule has 2 aromatic heterocycles. The third-order valence-electron chi connectivity index (χ3n) is 3.13. The summed E-state index contributed by atoms with van der Waals surface area (Å²) in [4.78, 5) is 35.4. The maximum Gasteiger partial charge on any atom is 0.312 e. The fraction of sp³-hybridized carbons (Fsp3) is 0.0769. The lowest BCUT2D eigenvalue weighted by Crippen LogP contribution is -2.11. The number of fused-ring (bicyclic) bond motifs is 1. The number of nitro benzene ring substituents is 1. The van der Waals surface area contributed by atoms with Crippen LogP contribution < -0.4 is 15.7 Å². The predicted octanol–water partition coefficient (Wildman–Crippen LogP) is 2.19. The summed E-state index contributed by atoms with van der Waals surface area (Å²) in [7, 11) is 1.33. The summed E-state index contributed by atoms with van der Waals surface area (Å²) in [5.41, 5.74) is 2.76. The van der Waals surface area contributed by atoms with Crippen LogP contribution in [0.5, 0.6) is 5.75 Å². The minimum atomic E-state index is -0.556. The highest BCUT2D eigenvalue weighted by molar-refractivity contribution is 9.10. The number of nitro groups is 1. The number of aromatic amines is 2. The lowest BCUT2D eigenvalue weighted by atomic mass is 10.2. The van der Waals surface area contributed by atoms with Crippen LogP contribution in [0, 0.1) is 10.1 Å². The van der Waals surface area contributed by atoms with Gasteiger partial charge in [-0.05, 0) is 6.07 Å². The molecule has 0 fully saturated rings. The van der Waals surface area contributed by atoms with E-state index in [1.165, 1.54) is 25.7 Å². The maximum absolute atomic E-state index is 11.8. The molecule has 3 aromatic rings. The van der Waals surface area contributed by atoms with Gasteiger partial charge in [-0.2, -0.15) is 10.1 Å². The minimum absolute atomic E-state index is 0. The molecule has 26 heavy (non-hydrogen) atoms. The number of H-pyrrole nitrogens is 2. The van der Waals surface area contributed by atoms with Crippen LogP contribution in [0.2, 0.25) is 0 Å². The Morgan fingerprint density at radius 3 is 2.92 bits per heavy atom. The zero-order valence-corrected chi connectivity index (χ0v) is 15.4. The van der Waals surface area contributed by atoms with Crippen molar-refractivity contribution in [1.29, 1.82) is 0 Å². The Balaban J connectivity index is 0.00000243. The maximum atomic E-state index is 11.8. The topological polar surface area (TPSA) is 151 Å². The highest BCUT2D eigenvalue weighted by atomic mass is 79.9. The van der Waals surface area contributed by atoms with Gasteiger partial charge in [0, 0.05) is 16.1 Å². The Bertz CT molecular complexity index is 1050. The highest BCUT2D eigenvalue weighted by Gasteiger charge is 2.19. The van der Waals surface area contributed by atoms with Gasteiger partial charge in [-0.1, -0.05) is 15.9 Å². The molecule has 0 bridgehead atoms. The summed E-state index contributed by atoms with van der Waals surface area (Å²) in [6.45, 7) is 0. The number of hydrazone groups is 1. The monoisotopic (exact) mass is 443 g/mol. The number of imidazole rings is 1. The van der Waals surface area contributed by atoms with E-state index in [2.05, 4.69) is 46.4 Å². The van der Waals surface area contributed by atoms with Crippen LogP contribution in [0.4, 0.5) is 11.6 Å². The Kier molecular flexibility index (Phi) is 5.90. The van der Waals surface area contributed by atoms with E-state index in [1.807, 2.05) is 0 Å². The second-order valence-electron chi connectivity index (χ2n) is 4.69. The first kappa shape index (κ1) is 19.3. The molecule has 136 valence electrons. The minimum Gasteiger partial charge on any atom is -0.490 e. The summed E-state index contributed by atoms with van der Waals surface area (Å²) in [6, 6.07) is 2.93. The molecule has 2 heterocycles. The van der Waals surface area contributed by atoms with E-state index in [9.17, 15) is 14.9 Å². The van der Waals surface area contributed by atoms with Gasteiger partial charge in [-0.15, -0.1) is 12.4 Å². The van der Waals surface area contributed by atoms with Gasteiger partial charge in [0.25, 0.3) is 5.56 Å². The largest absolute Gasteiger partial charge is 0.490 e. The summed E-state index contributed by atoms with van der Waals surface area (Å²) < 4.78 is 5.59. The normalized spacial score (nSPS) is 10.7. The van der Waals surface area contributed by atoms with Gasteiger partial charge in [0.2, 0.25) is 11.7 Å². The van der Waals surface area contributed by atoms with Crippen molar-refractivity contribution in [3.8, 4) is 5.75 Å². The first-order valence-corrected chi connectivity index (χ1v) is 7.53. The molecule has 0 aliphatic heterocycles. The van der Waals surface area contributed by atoms with Crippen molar-refractivity contribution in [3.63, 3.8) is 0 Å². The number of nitrogens with zero attached hydrogens (tertiary/aromatic N) is 4. The standard InChI is InChI=1S/C13H10BrN7O4.ClH/c1-25-10-6(2-7(14)3-8(10)21(23)24)4-17-20-13-18-11-9(12(22)19-13)15-5-16-11;/h2-5H,1H3,(H3,15,16,18,19,20,22);1H/b17-4+;. The third kappa shape index (κ3) is 3.81. The molecule has 0 amide bonds. The lowest BCUT2D eigenvalue weighted by molar-refractivity contribution is -0.385. The molecule has 3 rings (SSSR count). The van der Waals surface area contributed by atoms with Gasteiger partial charge in [0.05, 0.1) is 24.6 Å². The zero-order chi connectivity index (χ0) is 18.0. The molecular weight excluding hydrogens is 434 g/mol. The lowest BCUT2D eigenvalue weighted by Gasteiger charge is -2.06. The molecule has 0 saturated heterocycles. The van der Waals surface area contributed by atoms with Crippen LogP contribution in [0.25, 0.3) is 11.2 Å². The van der Waals surface area contributed by atoms with E-state index >= 15 is 0 Å². The molecule has 13 heteroatoms. The quantitative estimate of drug-likeness (QED) is 0.310. The number of nitrogens with one attached hydrogen (secondary N) is 3. The fourth-order valence-corrected chi connectivity index (χ4v) is 2.58. The molecule has 0 aliphatic rings. The molecule has 0 spiro atoms. The average molecular weight is 445 g/mol. The molecule has 11 nitrogen and oxygen atoms in total. The third-order valence-corrected chi connectivity index (χ3v) is 3.59. The second-order valence-corrected chi connectivity index (χ2v) is 5.60. The number of methoxy groups -OCH3 is 1. The molecule has 3 N–H and O–H groups in total. The van der Waals surface area contributed by atoms with Crippen molar-refractivity contribution in [3.05, 3.63) is 49.0 Å². The zero-order valence-electron chi connectivity index (χ0n) is 13.0. The van der Waals surface area contributed by atoms with Crippen molar-refractivity contribution in [2.45, 2.75) is 0 Å². The van der Waals surface area contributed by atoms with Crippen molar-refractivity contribution >= 4 is 57.4 Å². The number of hydrogen-bond donors (Lipinski definition) is 3. The van der Waals surface area contributed by atoms with Crippen LogP contribution in [0.1, 0.15) is 5.56 Å². The molecule has 1 aromatic carbocycles. The molecule has 0 atom stereocenters. The summed E-state index contributed by atoms with van der Waals surface area (Å²) >= 11 is 3.20. The van der Waals surface area contributed by atoms with Crippen LogP contribution in [-0.2, 0) is 0 Å². The van der Waals surface area contributed by atoms with E-state index in [-0.39, 0.29) is 35.3 Å². The summed E-state index contributed by atoms with van der Waals surface area (Å²) in [5, 5.41) is 15.0. The van der Waals surface area contributed by atoms with E-state index in [0.717, 1.165) is 0 Å². The molecular formula is C13H11BrClN7O4. The van der Waals surface area contributed by atoms with Crippen molar-refractivity contribution in [2.24, 2.45) is 5.10 Å².